The predicted octanol–water partition coefficient (Wildman–Crippen LogP) is 4.65. The van der Waals surface area contributed by atoms with Gasteiger partial charge in [-0.2, -0.15) is 0 Å². The quantitative estimate of drug-likeness (QED) is 0.198. The molecule has 0 spiro atoms. The number of nitrogens with one attached hydrogen (secondary N) is 1. The van der Waals surface area contributed by atoms with E-state index < -0.39 is 17.9 Å². The number of halogens is 2. The molecule has 0 aliphatic carbocycles. The van der Waals surface area contributed by atoms with Gasteiger partial charge in [0.15, 0.2) is 11.5 Å². The van der Waals surface area contributed by atoms with Gasteiger partial charge in [-0.3, -0.25) is 9.69 Å². The highest BCUT2D eigenvalue weighted by Gasteiger charge is 2.34. The van der Waals surface area contributed by atoms with Crippen LogP contribution < -0.4 is 14.8 Å². The minimum absolute atomic E-state index is 0.0219. The van der Waals surface area contributed by atoms with E-state index in [0.717, 1.165) is 4.90 Å². The summed E-state index contributed by atoms with van der Waals surface area (Å²) in [5, 5.41) is 2.55. The smallest absolute Gasteiger partial charge is 0.373 e. The maximum absolute atomic E-state index is 12.9. The van der Waals surface area contributed by atoms with Crippen LogP contribution in [0.25, 0.3) is 6.08 Å². The maximum Gasteiger partial charge on any atom is 0.373 e. The summed E-state index contributed by atoms with van der Waals surface area (Å²) in [6, 6.07) is 3.99. The maximum atomic E-state index is 12.9. The van der Waals surface area contributed by atoms with E-state index in [4.69, 9.17) is 13.9 Å². The van der Waals surface area contributed by atoms with E-state index >= 15 is 0 Å². The lowest BCUT2D eigenvalue weighted by Crippen LogP contribution is -2.30. The number of urea groups is 1. The molecule has 1 aromatic heterocycles. The third-order valence-electron chi connectivity index (χ3n) is 4.43. The Kier molecular flexibility index (Phi) is 7.98. The second kappa shape index (κ2) is 10.7. The number of hydrogen-bond acceptors (Lipinski definition) is 7. The van der Waals surface area contributed by atoms with Crippen molar-refractivity contribution in [2.24, 2.45) is 0 Å². The van der Waals surface area contributed by atoms with Gasteiger partial charge >= 0.3 is 12.0 Å². The highest BCUT2D eigenvalue weighted by Crippen LogP contribution is 2.43. The van der Waals surface area contributed by atoms with Gasteiger partial charge in [-0.25, -0.2) is 9.59 Å². The molecule has 1 aromatic carbocycles. The number of rotatable bonds is 9. The Morgan fingerprint density at radius 3 is 2.67 bits per heavy atom. The molecule has 9 nitrogen and oxygen atoms in total. The minimum Gasteiger partial charge on any atom is -0.490 e. The summed E-state index contributed by atoms with van der Waals surface area (Å²) < 4.78 is 22.5. The number of ether oxygens (including phenoxy) is 3. The van der Waals surface area contributed by atoms with Crippen LogP contribution in [0.15, 0.2) is 49.9 Å². The van der Waals surface area contributed by atoms with Gasteiger partial charge in [-0.05, 0) is 68.6 Å². The summed E-state index contributed by atoms with van der Waals surface area (Å²) >= 11 is 6.98. The number of furan rings is 1. The number of amides is 3. The Morgan fingerprint density at radius 1 is 1.24 bits per heavy atom. The zero-order chi connectivity index (χ0) is 24.1. The first-order valence-corrected chi connectivity index (χ1v) is 11.3. The largest absolute Gasteiger partial charge is 0.490 e. The van der Waals surface area contributed by atoms with Gasteiger partial charge < -0.3 is 23.9 Å². The molecule has 0 radical (unpaired) electrons. The normalized spacial score (nSPS) is 14.4. The van der Waals surface area contributed by atoms with Crippen molar-refractivity contribution < 1.29 is 33.0 Å². The first kappa shape index (κ1) is 24.6. The van der Waals surface area contributed by atoms with E-state index in [1.165, 1.54) is 25.3 Å². The fourth-order valence-electron chi connectivity index (χ4n) is 2.95. The van der Waals surface area contributed by atoms with Crippen LogP contribution in [0.5, 0.6) is 11.5 Å². The molecule has 1 fully saturated rings. The van der Waals surface area contributed by atoms with Crippen molar-refractivity contribution in [1.82, 2.24) is 10.2 Å². The van der Waals surface area contributed by atoms with Gasteiger partial charge in [0.05, 0.1) is 24.7 Å². The average Bonchev–Trinajstić information content (AvgIpc) is 3.37. The van der Waals surface area contributed by atoms with Crippen LogP contribution in [0.4, 0.5) is 4.79 Å². The lowest BCUT2D eigenvalue weighted by Gasteiger charge is -2.16. The summed E-state index contributed by atoms with van der Waals surface area (Å²) in [7, 11) is 1.23. The Bertz CT molecular complexity index is 1140. The molecule has 3 rings (SSSR count). The molecule has 1 aliphatic heterocycles. The summed E-state index contributed by atoms with van der Waals surface area (Å²) in [4.78, 5) is 37.8. The Hall–Kier alpha value is -3.05. The molecule has 2 heterocycles. The molecule has 174 valence electrons. The number of carbonyl (C=O) groups excluding carboxylic acids is 3. The van der Waals surface area contributed by atoms with E-state index in [1.54, 1.807) is 12.1 Å². The molecule has 11 heteroatoms. The molecule has 0 atom stereocenters. The summed E-state index contributed by atoms with van der Waals surface area (Å²) in [5.74, 6) is -0.0314. The average molecular weight is 584 g/mol. The topological polar surface area (TPSA) is 107 Å². The number of hydrogen-bond donors (Lipinski definition) is 1. The molecule has 3 amide bonds. The van der Waals surface area contributed by atoms with Crippen LogP contribution in [0.3, 0.4) is 0 Å². The van der Waals surface area contributed by atoms with Crippen molar-refractivity contribution in [2.45, 2.75) is 13.5 Å². The van der Waals surface area contributed by atoms with Crippen molar-refractivity contribution in [3.05, 3.63) is 62.6 Å². The molecule has 33 heavy (non-hydrogen) atoms. The monoisotopic (exact) mass is 582 g/mol. The minimum atomic E-state index is -0.653. The standard InChI is InChI=1S/C22H20Br2N2O7/c1-4-8-32-19-16(31-5-2)10-12(17(23)18(19)24)9-14-20(27)26(22(29)25-14)11-13-6-7-15(33-13)21(28)30-3/h4,6-7,9-10H,1,5,8,11H2,2-3H3,(H,25,29)/b14-9-. The highest BCUT2D eigenvalue weighted by atomic mass is 79.9. The van der Waals surface area contributed by atoms with Crippen LogP contribution in [0.2, 0.25) is 0 Å². The Labute approximate surface area is 206 Å². The van der Waals surface area contributed by atoms with Crippen molar-refractivity contribution in [2.75, 3.05) is 20.3 Å². The fraction of sp³-hybridized carbons (Fsp3) is 0.227. The molecule has 2 aromatic rings. The third-order valence-corrected chi connectivity index (χ3v) is 6.57. The van der Waals surface area contributed by atoms with Crippen molar-refractivity contribution in [1.29, 1.82) is 0 Å². The molecule has 1 saturated heterocycles. The highest BCUT2D eigenvalue weighted by molar-refractivity contribution is 9.13. The SMILES string of the molecule is C=CCOc1c(OCC)cc(/C=C2\NC(=O)N(Cc3ccc(C(=O)OC)o3)C2=O)c(Br)c1Br. The van der Waals surface area contributed by atoms with E-state index in [1.807, 2.05) is 6.92 Å². The van der Waals surface area contributed by atoms with Gasteiger partial charge in [-0.1, -0.05) is 12.7 Å². The van der Waals surface area contributed by atoms with E-state index in [0.29, 0.717) is 32.6 Å². The second-order valence-electron chi connectivity index (χ2n) is 6.59. The van der Waals surface area contributed by atoms with Crippen LogP contribution in [-0.4, -0.2) is 43.1 Å². The Morgan fingerprint density at radius 2 is 2.00 bits per heavy atom. The van der Waals surface area contributed by atoms with Gasteiger partial charge in [0, 0.05) is 4.47 Å². The summed E-state index contributed by atoms with van der Waals surface area (Å²) in [6.45, 7) is 6.00. The van der Waals surface area contributed by atoms with Crippen molar-refractivity contribution >= 4 is 55.8 Å². The van der Waals surface area contributed by atoms with E-state index in [2.05, 4.69) is 48.5 Å². The van der Waals surface area contributed by atoms with E-state index in [9.17, 15) is 14.4 Å². The van der Waals surface area contributed by atoms with Gasteiger partial charge in [0.25, 0.3) is 5.91 Å². The summed E-state index contributed by atoms with van der Waals surface area (Å²) in [5.41, 5.74) is 0.641. The van der Waals surface area contributed by atoms with E-state index in [-0.39, 0.29) is 30.4 Å². The molecule has 1 N–H and O–H groups in total. The second-order valence-corrected chi connectivity index (χ2v) is 8.18. The lowest BCUT2D eigenvalue weighted by molar-refractivity contribution is -0.123. The zero-order valence-corrected chi connectivity index (χ0v) is 20.9. The zero-order valence-electron chi connectivity index (χ0n) is 17.8. The van der Waals surface area contributed by atoms with Gasteiger partial charge in [0.2, 0.25) is 5.76 Å². The molecule has 0 unspecified atom stereocenters. The first-order chi connectivity index (χ1) is 15.8. The van der Waals surface area contributed by atoms with Gasteiger partial charge in [0.1, 0.15) is 18.1 Å². The number of imide groups is 1. The van der Waals surface area contributed by atoms with Gasteiger partial charge in [-0.15, -0.1) is 0 Å². The first-order valence-electron chi connectivity index (χ1n) is 9.70. The number of esters is 1. The molecule has 1 aliphatic rings. The lowest BCUT2D eigenvalue weighted by atomic mass is 10.1. The molecule has 0 saturated carbocycles. The summed E-state index contributed by atoms with van der Waals surface area (Å²) in [6.07, 6.45) is 3.14. The number of carbonyl (C=O) groups is 3. The van der Waals surface area contributed by atoms with Crippen LogP contribution in [-0.2, 0) is 16.1 Å². The predicted molar refractivity (Wildman–Crippen MR) is 126 cm³/mol. The Balaban J connectivity index is 1.88. The molecular formula is C22H20Br2N2O7. The number of benzene rings is 1. The third kappa shape index (κ3) is 5.31. The fourth-order valence-corrected chi connectivity index (χ4v) is 3.90. The number of nitrogens with zero attached hydrogens (tertiary/aromatic N) is 1. The van der Waals surface area contributed by atoms with Crippen LogP contribution in [0, 0.1) is 0 Å². The molecule has 0 bridgehead atoms. The van der Waals surface area contributed by atoms with Crippen molar-refractivity contribution in [3.63, 3.8) is 0 Å². The molecular weight excluding hydrogens is 564 g/mol. The van der Waals surface area contributed by atoms with Crippen LogP contribution >= 0.6 is 31.9 Å². The van der Waals surface area contributed by atoms with Crippen LogP contribution in [0.1, 0.15) is 28.8 Å². The van der Waals surface area contributed by atoms with Crippen molar-refractivity contribution in [3.8, 4) is 11.5 Å². The number of methoxy groups -OCH3 is 1.